The van der Waals surface area contributed by atoms with Crippen LogP contribution in [0.2, 0.25) is 0 Å². The van der Waals surface area contributed by atoms with Crippen molar-refractivity contribution in [3.63, 3.8) is 0 Å². The predicted octanol–water partition coefficient (Wildman–Crippen LogP) is 4.35. The molecule has 1 aliphatic rings. The molecule has 126 valence electrons. The van der Waals surface area contributed by atoms with Gasteiger partial charge >= 0.3 is 0 Å². The Bertz CT molecular complexity index is 627. The van der Waals surface area contributed by atoms with Crippen LogP contribution in [0, 0.1) is 0 Å². The molecule has 3 rings (SSSR count). The molecule has 1 fully saturated rings. The van der Waals surface area contributed by atoms with Crippen LogP contribution in [0.25, 0.3) is 0 Å². The maximum atomic E-state index is 12.7. The molecule has 1 amide bonds. The van der Waals surface area contributed by atoms with Crippen molar-refractivity contribution in [3.05, 3.63) is 71.8 Å². The van der Waals surface area contributed by atoms with E-state index in [0.717, 1.165) is 24.9 Å². The number of hydrogen-bond donors (Lipinski definition) is 0. The maximum Gasteiger partial charge on any atom is 0.249 e. The standard InChI is InChI=1S/C21H25NO2/c23-21(17-24-16-18-10-4-1-5-11-18)22-15-9-3-8-14-20(22)19-12-6-2-7-13-19/h1-2,4-7,10-13,20H,3,8-9,14-17H2. The zero-order valence-corrected chi connectivity index (χ0v) is 14.1. The first-order chi connectivity index (χ1) is 11.8. The minimum absolute atomic E-state index is 0.0988. The topological polar surface area (TPSA) is 29.5 Å². The van der Waals surface area contributed by atoms with Gasteiger partial charge in [0.25, 0.3) is 0 Å². The molecule has 2 aromatic rings. The number of carbonyl (C=O) groups excluding carboxylic acids is 1. The van der Waals surface area contributed by atoms with Gasteiger partial charge in [0.2, 0.25) is 5.91 Å². The van der Waals surface area contributed by atoms with E-state index in [1.54, 1.807) is 0 Å². The summed E-state index contributed by atoms with van der Waals surface area (Å²) < 4.78 is 5.67. The Morgan fingerprint density at radius 3 is 2.42 bits per heavy atom. The van der Waals surface area contributed by atoms with Gasteiger partial charge in [-0.3, -0.25) is 4.79 Å². The summed E-state index contributed by atoms with van der Waals surface area (Å²) in [6.07, 6.45) is 4.48. The smallest absolute Gasteiger partial charge is 0.249 e. The Hall–Kier alpha value is -2.13. The molecule has 1 unspecified atom stereocenters. The second kappa shape index (κ2) is 8.65. The molecular weight excluding hydrogens is 298 g/mol. The molecule has 1 aliphatic heterocycles. The quantitative estimate of drug-likeness (QED) is 0.819. The van der Waals surface area contributed by atoms with Crippen molar-refractivity contribution >= 4 is 5.91 Å². The van der Waals surface area contributed by atoms with Crippen LogP contribution in [0.3, 0.4) is 0 Å². The molecule has 0 bridgehead atoms. The van der Waals surface area contributed by atoms with Gasteiger partial charge in [-0.25, -0.2) is 0 Å². The van der Waals surface area contributed by atoms with Crippen LogP contribution in [0.15, 0.2) is 60.7 Å². The highest BCUT2D eigenvalue weighted by Gasteiger charge is 2.26. The Morgan fingerprint density at radius 2 is 1.67 bits per heavy atom. The van der Waals surface area contributed by atoms with Crippen molar-refractivity contribution in [2.75, 3.05) is 13.2 Å². The summed E-state index contributed by atoms with van der Waals surface area (Å²) in [4.78, 5) is 14.7. The van der Waals surface area contributed by atoms with Crippen molar-refractivity contribution in [1.82, 2.24) is 4.90 Å². The molecular formula is C21H25NO2. The Labute approximate surface area is 144 Å². The molecule has 0 spiro atoms. The van der Waals surface area contributed by atoms with Crippen LogP contribution in [0.4, 0.5) is 0 Å². The van der Waals surface area contributed by atoms with Gasteiger partial charge in [0.1, 0.15) is 6.61 Å². The lowest BCUT2D eigenvalue weighted by atomic mass is 10.0. The Kier molecular flexibility index (Phi) is 6.02. The minimum Gasteiger partial charge on any atom is -0.367 e. The second-order valence-corrected chi connectivity index (χ2v) is 6.34. The van der Waals surface area contributed by atoms with Gasteiger partial charge in [-0.2, -0.15) is 0 Å². The molecule has 1 heterocycles. The number of rotatable bonds is 5. The molecule has 1 saturated heterocycles. The zero-order valence-electron chi connectivity index (χ0n) is 14.1. The summed E-state index contributed by atoms with van der Waals surface area (Å²) in [5.41, 5.74) is 2.33. The third kappa shape index (κ3) is 4.45. The van der Waals surface area contributed by atoms with Gasteiger partial charge < -0.3 is 9.64 Å². The van der Waals surface area contributed by atoms with Crippen LogP contribution in [-0.4, -0.2) is 24.0 Å². The van der Waals surface area contributed by atoms with Crippen LogP contribution in [0.5, 0.6) is 0 Å². The predicted molar refractivity (Wildman–Crippen MR) is 95.5 cm³/mol. The molecule has 0 aromatic heterocycles. The van der Waals surface area contributed by atoms with Crippen molar-refractivity contribution in [3.8, 4) is 0 Å². The van der Waals surface area contributed by atoms with Crippen molar-refractivity contribution in [2.45, 2.75) is 38.3 Å². The highest BCUT2D eigenvalue weighted by atomic mass is 16.5. The summed E-state index contributed by atoms with van der Waals surface area (Å²) in [7, 11) is 0. The van der Waals surface area contributed by atoms with E-state index >= 15 is 0 Å². The minimum atomic E-state index is 0.0988. The molecule has 3 heteroatoms. The molecule has 0 saturated carbocycles. The largest absolute Gasteiger partial charge is 0.367 e. The molecule has 0 N–H and O–H groups in total. The lowest BCUT2D eigenvalue weighted by Crippen LogP contribution is -2.37. The van der Waals surface area contributed by atoms with E-state index in [2.05, 4.69) is 24.3 Å². The van der Waals surface area contributed by atoms with Crippen LogP contribution < -0.4 is 0 Å². The summed E-state index contributed by atoms with van der Waals surface area (Å²) in [6, 6.07) is 20.5. The SMILES string of the molecule is O=C(COCc1ccccc1)N1CCCCCC1c1ccccc1. The highest BCUT2D eigenvalue weighted by Crippen LogP contribution is 2.30. The van der Waals surface area contributed by atoms with Gasteiger partial charge in [0, 0.05) is 6.54 Å². The molecule has 3 nitrogen and oxygen atoms in total. The van der Waals surface area contributed by atoms with E-state index in [4.69, 9.17) is 4.74 Å². The first-order valence-corrected chi connectivity index (χ1v) is 8.80. The zero-order chi connectivity index (χ0) is 16.6. The van der Waals surface area contributed by atoms with Gasteiger partial charge in [0.15, 0.2) is 0 Å². The van der Waals surface area contributed by atoms with Crippen LogP contribution in [-0.2, 0) is 16.1 Å². The fourth-order valence-electron chi connectivity index (χ4n) is 3.34. The molecule has 2 aromatic carbocycles. The van der Waals surface area contributed by atoms with Gasteiger partial charge in [-0.05, 0) is 24.0 Å². The monoisotopic (exact) mass is 323 g/mol. The number of benzene rings is 2. The first kappa shape index (κ1) is 16.7. The normalized spacial score (nSPS) is 18.2. The van der Waals surface area contributed by atoms with E-state index in [-0.39, 0.29) is 18.6 Å². The van der Waals surface area contributed by atoms with Gasteiger partial charge in [0.05, 0.1) is 12.6 Å². The third-order valence-corrected chi connectivity index (χ3v) is 4.59. The molecule has 1 atom stereocenters. The number of ether oxygens (including phenoxy) is 1. The van der Waals surface area contributed by atoms with Crippen LogP contribution >= 0.6 is 0 Å². The average Bonchev–Trinajstić information content (AvgIpc) is 2.89. The summed E-state index contributed by atoms with van der Waals surface area (Å²) >= 11 is 0. The number of hydrogen-bond acceptors (Lipinski definition) is 2. The van der Waals surface area contributed by atoms with Gasteiger partial charge in [-0.1, -0.05) is 73.5 Å². The highest BCUT2D eigenvalue weighted by molar-refractivity contribution is 5.78. The Morgan fingerprint density at radius 1 is 0.958 bits per heavy atom. The van der Waals surface area contributed by atoms with E-state index in [0.29, 0.717) is 6.61 Å². The first-order valence-electron chi connectivity index (χ1n) is 8.80. The van der Waals surface area contributed by atoms with Crippen molar-refractivity contribution < 1.29 is 9.53 Å². The van der Waals surface area contributed by atoms with Crippen LogP contribution in [0.1, 0.15) is 42.9 Å². The maximum absolute atomic E-state index is 12.7. The number of amides is 1. The van der Waals surface area contributed by atoms with Crippen molar-refractivity contribution in [1.29, 1.82) is 0 Å². The average molecular weight is 323 g/mol. The summed E-state index contributed by atoms with van der Waals surface area (Å²) in [5, 5.41) is 0. The molecule has 24 heavy (non-hydrogen) atoms. The fraction of sp³-hybridized carbons (Fsp3) is 0.381. The Balaban J connectivity index is 1.62. The summed E-state index contributed by atoms with van der Waals surface area (Å²) in [5.74, 6) is 0.0988. The lowest BCUT2D eigenvalue weighted by Gasteiger charge is -2.30. The van der Waals surface area contributed by atoms with E-state index in [1.807, 2.05) is 41.3 Å². The molecule has 0 radical (unpaired) electrons. The molecule has 0 aliphatic carbocycles. The van der Waals surface area contributed by atoms with E-state index in [1.165, 1.54) is 18.4 Å². The second-order valence-electron chi connectivity index (χ2n) is 6.34. The van der Waals surface area contributed by atoms with Gasteiger partial charge in [-0.15, -0.1) is 0 Å². The lowest BCUT2D eigenvalue weighted by molar-refractivity contribution is -0.139. The van der Waals surface area contributed by atoms with Crippen molar-refractivity contribution in [2.24, 2.45) is 0 Å². The number of nitrogens with zero attached hydrogens (tertiary/aromatic N) is 1. The van der Waals surface area contributed by atoms with E-state index < -0.39 is 0 Å². The number of carbonyl (C=O) groups is 1. The summed E-state index contributed by atoms with van der Waals surface area (Å²) in [6.45, 7) is 1.46. The fourth-order valence-corrected chi connectivity index (χ4v) is 3.34. The third-order valence-electron chi connectivity index (χ3n) is 4.59. The van der Waals surface area contributed by atoms with E-state index in [9.17, 15) is 4.79 Å². The number of likely N-dealkylation sites (tertiary alicyclic amines) is 1.